The topological polar surface area (TPSA) is 38.7 Å². The SMILES string of the molecule is CO[C@H]1CC(C)CO[C@@H]1CO. The van der Waals surface area contributed by atoms with Gasteiger partial charge in [0.25, 0.3) is 0 Å². The summed E-state index contributed by atoms with van der Waals surface area (Å²) in [6, 6.07) is 0. The number of hydrogen-bond donors (Lipinski definition) is 1. The standard InChI is InChI=1S/C8H16O3/c1-6-3-7(10-2)8(4-9)11-5-6/h6-9H,3-5H2,1-2H3/t6?,7-,8+/m0/s1. The molecule has 0 amide bonds. The predicted octanol–water partition coefficient (Wildman–Crippen LogP) is 0.419. The normalized spacial score (nSPS) is 39.0. The Balaban J connectivity index is 2.41. The molecule has 1 saturated heterocycles. The molecule has 1 aliphatic heterocycles. The molecule has 3 heteroatoms. The first-order chi connectivity index (χ1) is 5.27. The third-order valence-corrected chi connectivity index (χ3v) is 2.13. The molecule has 0 aromatic rings. The van der Waals surface area contributed by atoms with Gasteiger partial charge in [0.1, 0.15) is 6.10 Å². The van der Waals surface area contributed by atoms with E-state index in [1.807, 2.05) is 0 Å². The van der Waals surface area contributed by atoms with Crippen molar-refractivity contribution in [3.05, 3.63) is 0 Å². The summed E-state index contributed by atoms with van der Waals surface area (Å²) in [5, 5.41) is 8.87. The van der Waals surface area contributed by atoms with Gasteiger partial charge in [0, 0.05) is 13.7 Å². The van der Waals surface area contributed by atoms with Gasteiger partial charge in [0.15, 0.2) is 0 Å². The van der Waals surface area contributed by atoms with E-state index in [9.17, 15) is 0 Å². The summed E-state index contributed by atoms with van der Waals surface area (Å²) in [5.41, 5.74) is 0. The molecule has 1 N–H and O–H groups in total. The van der Waals surface area contributed by atoms with Gasteiger partial charge >= 0.3 is 0 Å². The van der Waals surface area contributed by atoms with Gasteiger partial charge in [-0.1, -0.05) is 6.92 Å². The van der Waals surface area contributed by atoms with E-state index in [1.54, 1.807) is 7.11 Å². The number of hydrogen-bond acceptors (Lipinski definition) is 3. The number of rotatable bonds is 2. The van der Waals surface area contributed by atoms with Crippen molar-refractivity contribution in [2.24, 2.45) is 5.92 Å². The van der Waals surface area contributed by atoms with Crippen LogP contribution in [-0.4, -0.2) is 37.6 Å². The summed E-state index contributed by atoms with van der Waals surface area (Å²) >= 11 is 0. The minimum absolute atomic E-state index is 0.0607. The van der Waals surface area contributed by atoms with Crippen molar-refractivity contribution in [1.82, 2.24) is 0 Å². The maximum absolute atomic E-state index is 8.87. The van der Waals surface area contributed by atoms with Crippen molar-refractivity contribution >= 4 is 0 Å². The van der Waals surface area contributed by atoms with Crippen LogP contribution < -0.4 is 0 Å². The van der Waals surface area contributed by atoms with Gasteiger partial charge in [-0.3, -0.25) is 0 Å². The minimum atomic E-state index is -0.115. The van der Waals surface area contributed by atoms with Crippen LogP contribution in [0.2, 0.25) is 0 Å². The predicted molar refractivity (Wildman–Crippen MR) is 41.4 cm³/mol. The Labute approximate surface area is 67.3 Å². The monoisotopic (exact) mass is 160 g/mol. The lowest BCUT2D eigenvalue weighted by Gasteiger charge is -2.32. The van der Waals surface area contributed by atoms with Gasteiger partial charge in [0.05, 0.1) is 12.7 Å². The zero-order chi connectivity index (χ0) is 8.27. The largest absolute Gasteiger partial charge is 0.394 e. The average molecular weight is 160 g/mol. The molecule has 0 spiro atoms. The second-order valence-corrected chi connectivity index (χ2v) is 3.17. The van der Waals surface area contributed by atoms with Gasteiger partial charge < -0.3 is 14.6 Å². The third-order valence-electron chi connectivity index (χ3n) is 2.13. The van der Waals surface area contributed by atoms with Crippen LogP contribution in [0.4, 0.5) is 0 Å². The molecule has 11 heavy (non-hydrogen) atoms. The van der Waals surface area contributed by atoms with Gasteiger partial charge in [-0.15, -0.1) is 0 Å². The van der Waals surface area contributed by atoms with E-state index in [0.717, 1.165) is 13.0 Å². The Morgan fingerprint density at radius 2 is 2.36 bits per heavy atom. The molecule has 1 heterocycles. The number of methoxy groups -OCH3 is 1. The van der Waals surface area contributed by atoms with Crippen LogP contribution in [0.15, 0.2) is 0 Å². The Kier molecular flexibility index (Phi) is 3.30. The molecule has 0 saturated carbocycles. The fraction of sp³-hybridized carbons (Fsp3) is 1.00. The summed E-state index contributed by atoms with van der Waals surface area (Å²) in [5.74, 6) is 0.544. The lowest BCUT2D eigenvalue weighted by atomic mass is 9.98. The van der Waals surface area contributed by atoms with E-state index in [1.165, 1.54) is 0 Å². The average Bonchev–Trinajstić information content (AvgIpc) is 2.04. The molecule has 0 aromatic heterocycles. The second-order valence-electron chi connectivity index (χ2n) is 3.17. The van der Waals surface area contributed by atoms with Crippen molar-refractivity contribution in [2.45, 2.75) is 25.6 Å². The molecule has 66 valence electrons. The van der Waals surface area contributed by atoms with E-state index in [4.69, 9.17) is 14.6 Å². The van der Waals surface area contributed by atoms with Crippen LogP contribution in [-0.2, 0) is 9.47 Å². The van der Waals surface area contributed by atoms with Crippen molar-refractivity contribution in [2.75, 3.05) is 20.3 Å². The van der Waals surface area contributed by atoms with Gasteiger partial charge in [-0.2, -0.15) is 0 Å². The lowest BCUT2D eigenvalue weighted by molar-refractivity contribution is -0.126. The Bertz CT molecular complexity index is 116. The second kappa shape index (κ2) is 4.04. The van der Waals surface area contributed by atoms with Crippen molar-refractivity contribution < 1.29 is 14.6 Å². The molecule has 0 radical (unpaired) electrons. The highest BCUT2D eigenvalue weighted by molar-refractivity contribution is 4.77. The van der Waals surface area contributed by atoms with Crippen LogP contribution in [0.5, 0.6) is 0 Å². The van der Waals surface area contributed by atoms with E-state index in [2.05, 4.69) is 6.92 Å². The van der Waals surface area contributed by atoms with Crippen molar-refractivity contribution in [3.8, 4) is 0 Å². The molecule has 1 unspecified atom stereocenters. The van der Waals surface area contributed by atoms with Gasteiger partial charge in [0.2, 0.25) is 0 Å². The van der Waals surface area contributed by atoms with E-state index >= 15 is 0 Å². The molecular formula is C8H16O3. The molecule has 3 nitrogen and oxygen atoms in total. The fourth-order valence-corrected chi connectivity index (χ4v) is 1.43. The van der Waals surface area contributed by atoms with Gasteiger partial charge in [-0.25, -0.2) is 0 Å². The molecule has 0 bridgehead atoms. The molecule has 3 atom stereocenters. The Hall–Kier alpha value is -0.120. The molecule has 1 rings (SSSR count). The van der Waals surface area contributed by atoms with E-state index in [0.29, 0.717) is 5.92 Å². The number of aliphatic hydroxyl groups excluding tert-OH is 1. The maximum Gasteiger partial charge on any atom is 0.107 e. The minimum Gasteiger partial charge on any atom is -0.394 e. The highest BCUT2D eigenvalue weighted by atomic mass is 16.5. The van der Waals surface area contributed by atoms with Crippen LogP contribution in [0.3, 0.4) is 0 Å². The van der Waals surface area contributed by atoms with Crippen LogP contribution >= 0.6 is 0 Å². The number of aliphatic hydroxyl groups is 1. The van der Waals surface area contributed by atoms with Crippen LogP contribution in [0.1, 0.15) is 13.3 Å². The van der Waals surface area contributed by atoms with Crippen LogP contribution in [0, 0.1) is 5.92 Å². The van der Waals surface area contributed by atoms with Crippen molar-refractivity contribution in [3.63, 3.8) is 0 Å². The quantitative estimate of drug-likeness (QED) is 0.636. The van der Waals surface area contributed by atoms with Crippen molar-refractivity contribution in [1.29, 1.82) is 0 Å². The summed E-state index contributed by atoms with van der Waals surface area (Å²) in [6.45, 7) is 2.93. The van der Waals surface area contributed by atoms with Crippen LogP contribution in [0.25, 0.3) is 0 Å². The first-order valence-corrected chi connectivity index (χ1v) is 4.03. The summed E-state index contributed by atoms with van der Waals surface area (Å²) in [4.78, 5) is 0. The van der Waals surface area contributed by atoms with Gasteiger partial charge in [-0.05, 0) is 12.3 Å². The molecule has 0 aliphatic carbocycles. The lowest BCUT2D eigenvalue weighted by Crippen LogP contribution is -2.41. The number of ether oxygens (including phenoxy) is 2. The fourth-order valence-electron chi connectivity index (χ4n) is 1.43. The highest BCUT2D eigenvalue weighted by Crippen LogP contribution is 2.20. The third kappa shape index (κ3) is 2.15. The molecule has 0 aromatic carbocycles. The highest BCUT2D eigenvalue weighted by Gasteiger charge is 2.28. The zero-order valence-corrected chi connectivity index (χ0v) is 7.12. The molecular weight excluding hydrogens is 144 g/mol. The summed E-state index contributed by atoms with van der Waals surface area (Å²) in [6.07, 6.45) is 0.946. The summed E-state index contributed by atoms with van der Waals surface area (Å²) < 4.78 is 10.5. The van der Waals surface area contributed by atoms with E-state index < -0.39 is 0 Å². The zero-order valence-electron chi connectivity index (χ0n) is 7.12. The smallest absolute Gasteiger partial charge is 0.107 e. The summed E-state index contributed by atoms with van der Waals surface area (Å²) in [7, 11) is 1.66. The molecule has 1 aliphatic rings. The first-order valence-electron chi connectivity index (χ1n) is 4.03. The Morgan fingerprint density at radius 1 is 1.64 bits per heavy atom. The first kappa shape index (κ1) is 8.97. The Morgan fingerprint density at radius 3 is 2.91 bits per heavy atom. The maximum atomic E-state index is 8.87. The van der Waals surface area contributed by atoms with E-state index in [-0.39, 0.29) is 18.8 Å². The molecule has 1 fully saturated rings.